The van der Waals surface area contributed by atoms with Gasteiger partial charge in [0.15, 0.2) is 0 Å². The Morgan fingerprint density at radius 1 is 1.29 bits per heavy atom. The minimum atomic E-state index is -0.0489. The number of furan rings is 1. The molecule has 0 saturated carbocycles. The third kappa shape index (κ3) is 1.98. The van der Waals surface area contributed by atoms with Gasteiger partial charge in [0.25, 0.3) is 0 Å². The zero-order valence-electron chi connectivity index (χ0n) is 11.1. The number of rotatable bonds is 3. The van der Waals surface area contributed by atoms with Crippen molar-refractivity contribution in [2.24, 2.45) is 5.73 Å². The zero-order chi connectivity index (χ0) is 12.6. The van der Waals surface area contributed by atoms with E-state index in [-0.39, 0.29) is 6.04 Å². The lowest BCUT2D eigenvalue weighted by atomic mass is 9.96. The maximum absolute atomic E-state index is 5.99. The largest absolute Gasteiger partial charge is 0.459 e. The highest BCUT2D eigenvalue weighted by molar-refractivity contribution is 5.85. The molecule has 0 saturated heterocycles. The molecule has 0 aliphatic heterocycles. The molecule has 2 atom stereocenters. The van der Waals surface area contributed by atoms with Gasteiger partial charge in [-0.2, -0.15) is 0 Å². The Labute approximate surface area is 103 Å². The summed E-state index contributed by atoms with van der Waals surface area (Å²) in [6, 6.07) is 6.33. The number of aryl methyl sites for hydroxylation is 1. The van der Waals surface area contributed by atoms with E-state index in [9.17, 15) is 0 Å². The summed E-state index contributed by atoms with van der Waals surface area (Å²) < 4.78 is 5.99. The summed E-state index contributed by atoms with van der Waals surface area (Å²) >= 11 is 0. The second-order valence-corrected chi connectivity index (χ2v) is 4.91. The summed E-state index contributed by atoms with van der Waals surface area (Å²) in [5, 5.41) is 1.20. The van der Waals surface area contributed by atoms with Crippen LogP contribution in [0, 0.1) is 6.92 Å². The number of para-hydroxylation sites is 1. The highest BCUT2D eigenvalue weighted by atomic mass is 16.3. The first-order valence-electron chi connectivity index (χ1n) is 6.33. The molecule has 1 heterocycles. The summed E-state index contributed by atoms with van der Waals surface area (Å²) in [6.45, 7) is 8.49. The molecule has 2 N–H and O–H groups in total. The Hall–Kier alpha value is -1.28. The van der Waals surface area contributed by atoms with E-state index in [1.165, 1.54) is 16.5 Å². The van der Waals surface area contributed by atoms with Gasteiger partial charge in [0.05, 0.1) is 6.04 Å². The minimum absolute atomic E-state index is 0.0489. The third-order valence-corrected chi connectivity index (χ3v) is 3.59. The Morgan fingerprint density at radius 3 is 2.59 bits per heavy atom. The van der Waals surface area contributed by atoms with Crippen molar-refractivity contribution in [1.82, 2.24) is 0 Å². The molecule has 0 bridgehead atoms. The molecule has 2 heteroatoms. The first kappa shape index (κ1) is 12.2. The van der Waals surface area contributed by atoms with E-state index in [0.717, 1.165) is 17.8 Å². The molecule has 2 aromatic rings. The monoisotopic (exact) mass is 231 g/mol. The van der Waals surface area contributed by atoms with Gasteiger partial charge in [0, 0.05) is 5.39 Å². The first-order chi connectivity index (χ1) is 8.06. The van der Waals surface area contributed by atoms with Gasteiger partial charge in [0.1, 0.15) is 11.3 Å². The number of benzene rings is 1. The lowest BCUT2D eigenvalue weighted by Gasteiger charge is -2.08. The summed E-state index contributed by atoms with van der Waals surface area (Å²) in [4.78, 5) is 0. The minimum Gasteiger partial charge on any atom is -0.459 e. The highest BCUT2D eigenvalue weighted by Gasteiger charge is 2.17. The first-order valence-corrected chi connectivity index (χ1v) is 6.33. The van der Waals surface area contributed by atoms with Crippen LogP contribution in [-0.4, -0.2) is 0 Å². The Balaban J connectivity index is 2.69. The van der Waals surface area contributed by atoms with Crippen LogP contribution < -0.4 is 5.73 Å². The highest BCUT2D eigenvalue weighted by Crippen LogP contribution is 2.34. The van der Waals surface area contributed by atoms with Gasteiger partial charge in [0.2, 0.25) is 0 Å². The van der Waals surface area contributed by atoms with E-state index in [1.54, 1.807) is 0 Å². The molecular formula is C15H21NO. The number of nitrogens with two attached hydrogens (primary N) is 1. The molecule has 1 aromatic carbocycles. The van der Waals surface area contributed by atoms with Crippen molar-refractivity contribution < 1.29 is 4.42 Å². The molecule has 0 aliphatic carbocycles. The quantitative estimate of drug-likeness (QED) is 0.856. The second kappa shape index (κ2) is 4.53. The second-order valence-electron chi connectivity index (χ2n) is 4.91. The number of hydrogen-bond acceptors (Lipinski definition) is 2. The van der Waals surface area contributed by atoms with Crippen LogP contribution in [0.15, 0.2) is 22.6 Å². The van der Waals surface area contributed by atoms with Crippen molar-refractivity contribution in [1.29, 1.82) is 0 Å². The number of fused-ring (bicyclic) bond motifs is 1. The molecule has 1 aromatic heterocycles. The predicted molar refractivity (Wildman–Crippen MR) is 72.3 cm³/mol. The molecule has 2 unspecified atom stereocenters. The van der Waals surface area contributed by atoms with Crippen LogP contribution in [-0.2, 0) is 0 Å². The zero-order valence-corrected chi connectivity index (χ0v) is 11.1. The normalized spacial score (nSPS) is 15.1. The SMILES string of the molecule is CCC(C)c1cccc2c(C)c(C(C)N)oc12. The van der Waals surface area contributed by atoms with Crippen LogP contribution in [0.3, 0.4) is 0 Å². The van der Waals surface area contributed by atoms with E-state index in [1.807, 2.05) is 6.92 Å². The average Bonchev–Trinajstić information content (AvgIpc) is 2.66. The Morgan fingerprint density at radius 2 is 2.00 bits per heavy atom. The summed E-state index contributed by atoms with van der Waals surface area (Å²) in [5.74, 6) is 1.43. The average molecular weight is 231 g/mol. The molecule has 0 radical (unpaired) electrons. The van der Waals surface area contributed by atoms with Gasteiger partial charge in [-0.3, -0.25) is 0 Å². The standard InChI is InChI=1S/C15H21NO/c1-5-9(2)12-7-6-8-13-10(3)14(11(4)16)17-15(12)13/h6-9,11H,5,16H2,1-4H3. The fourth-order valence-corrected chi connectivity index (χ4v) is 2.33. The third-order valence-electron chi connectivity index (χ3n) is 3.59. The van der Waals surface area contributed by atoms with Crippen LogP contribution in [0.5, 0.6) is 0 Å². The van der Waals surface area contributed by atoms with Crippen LogP contribution in [0.1, 0.15) is 56.0 Å². The van der Waals surface area contributed by atoms with Gasteiger partial charge in [-0.05, 0) is 37.3 Å². The van der Waals surface area contributed by atoms with Gasteiger partial charge in [-0.15, -0.1) is 0 Å². The van der Waals surface area contributed by atoms with Crippen LogP contribution in [0.25, 0.3) is 11.0 Å². The van der Waals surface area contributed by atoms with Crippen molar-refractivity contribution >= 4 is 11.0 Å². The molecule has 17 heavy (non-hydrogen) atoms. The van der Waals surface area contributed by atoms with Gasteiger partial charge in [-0.25, -0.2) is 0 Å². The van der Waals surface area contributed by atoms with Crippen LogP contribution >= 0.6 is 0 Å². The van der Waals surface area contributed by atoms with Crippen LogP contribution in [0.4, 0.5) is 0 Å². The summed E-state index contributed by atoms with van der Waals surface area (Å²) in [6.07, 6.45) is 1.12. The number of hydrogen-bond donors (Lipinski definition) is 1. The predicted octanol–water partition coefficient (Wildman–Crippen LogP) is 4.27. The van der Waals surface area contributed by atoms with E-state index in [0.29, 0.717) is 5.92 Å². The molecule has 0 spiro atoms. The van der Waals surface area contributed by atoms with Gasteiger partial charge in [-0.1, -0.05) is 32.0 Å². The fraction of sp³-hybridized carbons (Fsp3) is 0.467. The molecular weight excluding hydrogens is 210 g/mol. The van der Waals surface area contributed by atoms with Crippen molar-refractivity contribution in [2.45, 2.75) is 46.1 Å². The fourth-order valence-electron chi connectivity index (χ4n) is 2.33. The lowest BCUT2D eigenvalue weighted by molar-refractivity contribution is 0.504. The molecule has 0 aliphatic rings. The van der Waals surface area contributed by atoms with E-state index < -0.39 is 0 Å². The maximum atomic E-state index is 5.99. The smallest absolute Gasteiger partial charge is 0.138 e. The lowest BCUT2D eigenvalue weighted by Crippen LogP contribution is -2.04. The van der Waals surface area contributed by atoms with Crippen LogP contribution in [0.2, 0.25) is 0 Å². The molecule has 92 valence electrons. The van der Waals surface area contributed by atoms with E-state index >= 15 is 0 Å². The van der Waals surface area contributed by atoms with Crippen molar-refractivity contribution in [3.8, 4) is 0 Å². The summed E-state index contributed by atoms with van der Waals surface area (Å²) in [7, 11) is 0. The van der Waals surface area contributed by atoms with Gasteiger partial charge < -0.3 is 10.2 Å². The van der Waals surface area contributed by atoms with Crippen molar-refractivity contribution in [3.05, 3.63) is 35.1 Å². The summed E-state index contributed by atoms with van der Waals surface area (Å²) in [5.41, 5.74) is 9.44. The molecule has 2 rings (SSSR count). The Kier molecular flexibility index (Phi) is 3.25. The topological polar surface area (TPSA) is 39.2 Å². The van der Waals surface area contributed by atoms with E-state index in [2.05, 4.69) is 39.0 Å². The molecule has 2 nitrogen and oxygen atoms in total. The Bertz CT molecular complexity index is 525. The van der Waals surface area contributed by atoms with Crippen molar-refractivity contribution in [2.75, 3.05) is 0 Å². The molecule has 0 fully saturated rings. The van der Waals surface area contributed by atoms with Gasteiger partial charge >= 0.3 is 0 Å². The maximum Gasteiger partial charge on any atom is 0.138 e. The molecule has 0 amide bonds. The van der Waals surface area contributed by atoms with E-state index in [4.69, 9.17) is 10.2 Å². The van der Waals surface area contributed by atoms with Crippen molar-refractivity contribution in [3.63, 3.8) is 0 Å².